The van der Waals surface area contributed by atoms with Gasteiger partial charge < -0.3 is 59.5 Å². The van der Waals surface area contributed by atoms with E-state index in [2.05, 4.69) is 33.5 Å². The van der Waals surface area contributed by atoms with Crippen LogP contribution in [-0.2, 0) is 59.9 Å². The van der Waals surface area contributed by atoms with Gasteiger partial charge in [-0.25, -0.2) is 28.0 Å². The number of fused-ring (bicyclic) bond motifs is 2. The van der Waals surface area contributed by atoms with Crippen LogP contribution in [0.4, 0.5) is 5.95 Å². The number of anilines is 1. The number of nitrogens with one attached hydrogen (secondary N) is 2. The fraction of sp³-hybridized carbons (Fsp3) is 0.565. The molecule has 2 aliphatic heterocycles. The van der Waals surface area contributed by atoms with E-state index in [-0.39, 0.29) is 34.1 Å². The van der Waals surface area contributed by atoms with E-state index in [4.69, 9.17) is 40.8 Å². The molecule has 0 saturated carbocycles. The second kappa shape index (κ2) is 14.6. The maximum atomic E-state index is 12.7. The van der Waals surface area contributed by atoms with E-state index in [0.29, 0.717) is 0 Å². The van der Waals surface area contributed by atoms with Crippen molar-refractivity contribution in [1.82, 2.24) is 34.1 Å². The summed E-state index contributed by atoms with van der Waals surface area (Å²) >= 11 is 4.73. The zero-order chi connectivity index (χ0) is 38.8. The number of aliphatic hydroxyl groups excluding tert-OH is 3. The van der Waals surface area contributed by atoms with Crippen LogP contribution in [0.2, 0.25) is 0 Å². The molecule has 2 aliphatic rings. The summed E-state index contributed by atoms with van der Waals surface area (Å²) in [6, 6.07) is 0. The first-order valence-electron chi connectivity index (χ1n) is 15.0. The summed E-state index contributed by atoms with van der Waals surface area (Å²) in [4.78, 5) is 72.4. The molecule has 2 fully saturated rings. The van der Waals surface area contributed by atoms with Crippen LogP contribution in [0.3, 0.4) is 0 Å². The normalized spacial score (nSPS) is 29.8. The highest BCUT2D eigenvalue weighted by atomic mass is 32.5. The molecule has 6 heterocycles. The van der Waals surface area contributed by atoms with Crippen molar-refractivity contribution in [1.29, 1.82) is 0 Å². The summed E-state index contributed by atoms with van der Waals surface area (Å²) < 4.78 is 64.3. The van der Waals surface area contributed by atoms with Gasteiger partial charge in [0.25, 0.3) is 17.1 Å². The van der Waals surface area contributed by atoms with Crippen LogP contribution in [0.5, 0.6) is 0 Å². The fourth-order valence-corrected chi connectivity index (χ4v) is 10.3. The number of nitrogen functional groups attached to an aromatic ring is 1. The second-order valence-electron chi connectivity index (χ2n) is 11.7. The van der Waals surface area contributed by atoms with Gasteiger partial charge in [0.2, 0.25) is 11.7 Å². The molecule has 292 valence electrons. The third kappa shape index (κ3) is 8.08. The lowest BCUT2D eigenvalue weighted by Gasteiger charge is -2.23. The fourth-order valence-electron chi connectivity index (χ4n) is 5.81. The molecule has 11 atom stereocenters. The summed E-state index contributed by atoms with van der Waals surface area (Å²) in [6.45, 7) is -5.05. The van der Waals surface area contributed by atoms with E-state index in [0.717, 1.165) is 0 Å². The molecule has 53 heavy (non-hydrogen) atoms. The minimum Gasteiger partial charge on any atom is -0.387 e. The van der Waals surface area contributed by atoms with Gasteiger partial charge in [-0.1, -0.05) is 4.98 Å². The average Bonchev–Trinajstić information content (AvgIpc) is 3.76. The Morgan fingerprint density at radius 1 is 0.981 bits per heavy atom. The van der Waals surface area contributed by atoms with Gasteiger partial charge in [0, 0.05) is 7.11 Å². The number of aromatic amines is 2. The molecule has 0 spiro atoms. The molecular weight excluding hydrogens is 799 g/mol. The number of aliphatic hydroxyl groups is 3. The molecule has 6 rings (SSSR count). The molecule has 0 aliphatic carbocycles. The zero-order valence-electron chi connectivity index (χ0n) is 27.4. The van der Waals surface area contributed by atoms with Crippen molar-refractivity contribution < 1.29 is 75.6 Å². The predicted molar refractivity (Wildman–Crippen MR) is 176 cm³/mol. The van der Waals surface area contributed by atoms with Crippen LogP contribution in [0.25, 0.3) is 22.3 Å². The Labute approximate surface area is 300 Å². The summed E-state index contributed by atoms with van der Waals surface area (Å²) in [5.41, 5.74) is 4.53. The number of aryl methyl sites for hydroxylation is 2. The Morgan fingerprint density at radius 2 is 1.68 bits per heavy atom. The van der Waals surface area contributed by atoms with Crippen LogP contribution in [0.15, 0.2) is 22.2 Å². The van der Waals surface area contributed by atoms with Crippen LogP contribution in [0.1, 0.15) is 18.3 Å². The largest absolute Gasteiger partial charge is 0.488 e. The van der Waals surface area contributed by atoms with Crippen LogP contribution in [-0.4, -0.2) is 121 Å². The van der Waals surface area contributed by atoms with Crippen LogP contribution in [0, 0.1) is 6.92 Å². The van der Waals surface area contributed by atoms with E-state index in [9.17, 15) is 48.7 Å². The Morgan fingerprint density at radius 3 is 2.38 bits per heavy atom. The minimum atomic E-state index is -5.76. The Balaban J connectivity index is 1.06. The number of H-pyrrole nitrogens is 2. The van der Waals surface area contributed by atoms with E-state index in [1.165, 1.54) is 47.4 Å². The topological polar surface area (TPSA) is 364 Å². The molecule has 0 amide bonds. The Bertz CT molecular complexity index is 2300. The molecule has 10 N–H and O–H groups in total. The van der Waals surface area contributed by atoms with Crippen molar-refractivity contribution in [2.24, 2.45) is 7.05 Å². The Hall–Kier alpha value is -2.91. The number of nitrogens with two attached hydrogens (primary N) is 1. The Kier molecular flexibility index (Phi) is 11.0. The molecule has 30 heteroatoms. The van der Waals surface area contributed by atoms with Gasteiger partial charge in [-0.2, -0.15) is 4.31 Å². The van der Waals surface area contributed by atoms with Crippen LogP contribution >= 0.6 is 22.4 Å². The maximum absolute atomic E-state index is 12.7. The van der Waals surface area contributed by atoms with Crippen molar-refractivity contribution >= 4 is 62.4 Å². The lowest BCUT2D eigenvalue weighted by molar-refractivity contribution is -0.745. The molecule has 26 nitrogen and oxygen atoms in total. The number of aromatic nitrogens is 8. The number of phosphoric acid groups is 2. The predicted octanol–water partition coefficient (Wildman–Crippen LogP) is -3.05. The number of nitrogens with zero attached hydrogens (tertiary/aromatic N) is 6. The lowest BCUT2D eigenvalue weighted by Crippen LogP contribution is -2.46. The minimum absolute atomic E-state index is 0.0126. The standard InChI is InChI=1S/C23H32N9O17P3S/c1-8-26-17-11(19(36)27-8)25-6-31(17)22-15(35)16(43-3)10(47-22)5-44-50(38,39)48-51(40,41)49-52(42,53)45-4-9-13(33)14(34)21(46-9)32-7-30(2)12-18(32)28-23(24)29-20(12)37/h6-7,9-10,13-16,21-22,33-35H,4-5H2,1-3H3,(H6-,24,26,27,28,29,36,37,38,39,40,41,42,53)/p+1/t9-,10-,13+,14?,15+,16?,21-,22-,52?/m1/s1. The van der Waals surface area contributed by atoms with Gasteiger partial charge >= 0.3 is 28.0 Å². The second-order valence-corrected chi connectivity index (χ2v) is 17.7. The zero-order valence-corrected chi connectivity index (χ0v) is 30.9. The summed E-state index contributed by atoms with van der Waals surface area (Å²) in [7, 11) is -8.60. The smallest absolute Gasteiger partial charge is 0.387 e. The third-order valence-electron chi connectivity index (χ3n) is 8.02. The van der Waals surface area contributed by atoms with Crippen molar-refractivity contribution in [3.63, 3.8) is 0 Å². The van der Waals surface area contributed by atoms with E-state index < -0.39 is 95.8 Å². The summed E-state index contributed by atoms with van der Waals surface area (Å²) in [6.07, 6.45) is -8.94. The van der Waals surface area contributed by atoms with Crippen molar-refractivity contribution in [3.05, 3.63) is 39.2 Å². The molecular formula is C23H33N9O17P3S+. The van der Waals surface area contributed by atoms with Gasteiger partial charge in [0.1, 0.15) is 42.4 Å². The van der Waals surface area contributed by atoms with E-state index >= 15 is 0 Å². The molecule has 2 saturated heterocycles. The highest BCUT2D eigenvalue weighted by Crippen LogP contribution is 2.68. The van der Waals surface area contributed by atoms with Crippen LogP contribution < -0.4 is 21.4 Å². The number of imidazole rings is 2. The number of ether oxygens (including phenoxy) is 3. The van der Waals surface area contributed by atoms with Crippen molar-refractivity contribution in [2.45, 2.75) is 56.0 Å². The van der Waals surface area contributed by atoms with Gasteiger partial charge in [0.05, 0.1) is 26.6 Å². The molecule has 0 radical (unpaired) electrons. The monoisotopic (exact) mass is 832 g/mol. The molecule has 4 aromatic rings. The average molecular weight is 833 g/mol. The number of hydrogen-bond acceptors (Lipinski definition) is 19. The third-order valence-corrected chi connectivity index (χ3v) is 13.2. The highest BCUT2D eigenvalue weighted by molar-refractivity contribution is 8.08. The number of phosphoric ester groups is 1. The quantitative estimate of drug-likeness (QED) is 0.0477. The number of methoxy groups -OCH3 is 1. The van der Waals surface area contributed by atoms with Gasteiger partial charge in [-0.15, -0.1) is 0 Å². The van der Waals surface area contributed by atoms with E-state index in [1.54, 1.807) is 0 Å². The number of hydrogen-bond donors (Lipinski definition) is 9. The molecule has 0 aromatic carbocycles. The maximum Gasteiger partial charge on any atom is 0.488 e. The van der Waals surface area contributed by atoms with Gasteiger partial charge in [-0.05, 0) is 18.7 Å². The number of rotatable bonds is 13. The lowest BCUT2D eigenvalue weighted by atomic mass is 10.1. The first kappa shape index (κ1) is 39.8. The van der Waals surface area contributed by atoms with Gasteiger partial charge in [-0.3, -0.25) is 28.2 Å². The molecule has 4 aromatic heterocycles. The van der Waals surface area contributed by atoms with Crippen molar-refractivity contribution in [2.75, 3.05) is 26.1 Å². The molecule has 5 unspecified atom stereocenters. The first-order chi connectivity index (χ1) is 24.7. The highest BCUT2D eigenvalue weighted by Gasteiger charge is 2.50. The van der Waals surface area contributed by atoms with Crippen molar-refractivity contribution in [3.8, 4) is 0 Å². The van der Waals surface area contributed by atoms with E-state index in [1.807, 2.05) is 0 Å². The summed E-state index contributed by atoms with van der Waals surface area (Å²) in [5.74, 6) is -0.00286. The first-order valence-corrected chi connectivity index (χ1v) is 20.6. The summed E-state index contributed by atoms with van der Waals surface area (Å²) in [5, 5.41) is 32.2. The van der Waals surface area contributed by atoms with Gasteiger partial charge in [0.15, 0.2) is 23.7 Å². The molecule has 0 bridgehead atoms. The SMILES string of the molecule is COC1[C@@H](COP(=O)(O)OP(=O)(O)OP(O)(=S)OC[C@H]2O[C@@H]([n+]3cn(C)c4c(=O)[nH]c(N)nc43)C(O)[C@H]2O)O[C@@H](n2cnc3c(=O)[nH]c(C)nc32)[C@H]1O.